The Bertz CT molecular complexity index is 880. The van der Waals surface area contributed by atoms with Crippen molar-refractivity contribution < 1.29 is 9.21 Å². The fourth-order valence-corrected chi connectivity index (χ4v) is 3.58. The van der Waals surface area contributed by atoms with Crippen molar-refractivity contribution in [2.45, 2.75) is 32.7 Å². The van der Waals surface area contributed by atoms with E-state index in [0.717, 1.165) is 41.5 Å². The Morgan fingerprint density at radius 1 is 1.29 bits per heavy atom. The summed E-state index contributed by atoms with van der Waals surface area (Å²) in [6.07, 6.45) is 5.78. The van der Waals surface area contributed by atoms with E-state index in [1.807, 2.05) is 53.9 Å². The molecule has 0 aliphatic carbocycles. The summed E-state index contributed by atoms with van der Waals surface area (Å²) in [7, 11) is 0. The lowest BCUT2D eigenvalue weighted by Gasteiger charge is -2.32. The largest absolute Gasteiger partial charge is 0.450 e. The van der Waals surface area contributed by atoms with Crippen LogP contribution in [-0.4, -0.2) is 33.7 Å². The maximum absolute atomic E-state index is 13.0. The molecule has 1 unspecified atom stereocenters. The van der Waals surface area contributed by atoms with Crippen molar-refractivity contribution in [2.75, 3.05) is 13.1 Å². The Morgan fingerprint density at radius 3 is 2.92 bits per heavy atom. The molecule has 1 aromatic carbocycles. The number of hydrogen-bond acceptors (Lipinski definition) is 3. The number of hydrogen-bond donors (Lipinski definition) is 0. The zero-order valence-corrected chi connectivity index (χ0v) is 14.0. The van der Waals surface area contributed by atoms with Crippen LogP contribution in [0.5, 0.6) is 0 Å². The van der Waals surface area contributed by atoms with Gasteiger partial charge in [0.05, 0.1) is 6.04 Å². The first-order valence-corrected chi connectivity index (χ1v) is 8.42. The van der Waals surface area contributed by atoms with E-state index in [-0.39, 0.29) is 11.9 Å². The standard InChI is InChI=1S/C19H21N3O2/c1-13-6-3-8-16-14(2)18(24-17(13)16)19(23)21-10-4-7-15(12-21)22-11-5-9-20-22/h3,5-6,8-9,11,15H,4,7,10,12H2,1-2H3. The molecule has 3 heterocycles. The molecule has 2 aromatic heterocycles. The van der Waals surface area contributed by atoms with Crippen molar-refractivity contribution in [1.29, 1.82) is 0 Å². The number of amides is 1. The van der Waals surface area contributed by atoms with Gasteiger partial charge in [-0.1, -0.05) is 18.2 Å². The van der Waals surface area contributed by atoms with E-state index in [1.165, 1.54) is 0 Å². The number of aromatic nitrogens is 2. The minimum Gasteiger partial charge on any atom is -0.450 e. The zero-order valence-electron chi connectivity index (χ0n) is 14.0. The molecule has 1 aliphatic rings. The molecule has 0 radical (unpaired) electrons. The van der Waals surface area contributed by atoms with Crippen LogP contribution in [-0.2, 0) is 0 Å². The van der Waals surface area contributed by atoms with E-state index in [1.54, 1.807) is 6.20 Å². The second kappa shape index (κ2) is 5.82. The fourth-order valence-electron chi connectivity index (χ4n) is 3.58. The van der Waals surface area contributed by atoms with Crippen LogP contribution in [0, 0.1) is 13.8 Å². The number of rotatable bonds is 2. The quantitative estimate of drug-likeness (QED) is 0.722. The second-order valence-corrected chi connectivity index (χ2v) is 6.54. The maximum atomic E-state index is 13.0. The third-order valence-electron chi connectivity index (χ3n) is 4.94. The highest BCUT2D eigenvalue weighted by Gasteiger charge is 2.29. The van der Waals surface area contributed by atoms with Gasteiger partial charge >= 0.3 is 0 Å². The lowest BCUT2D eigenvalue weighted by Crippen LogP contribution is -2.40. The predicted molar refractivity (Wildman–Crippen MR) is 92.1 cm³/mol. The summed E-state index contributed by atoms with van der Waals surface area (Å²) in [5, 5.41) is 5.35. The number of nitrogens with zero attached hydrogens (tertiary/aromatic N) is 3. The molecule has 1 fully saturated rings. The first-order valence-electron chi connectivity index (χ1n) is 8.42. The number of piperidine rings is 1. The number of furan rings is 1. The lowest BCUT2D eigenvalue weighted by atomic mass is 10.0. The minimum absolute atomic E-state index is 0.0139. The maximum Gasteiger partial charge on any atom is 0.289 e. The number of fused-ring (bicyclic) bond motifs is 1. The SMILES string of the molecule is Cc1c(C(=O)N2CCCC(n3cccn3)C2)oc2c(C)cccc12. The highest BCUT2D eigenvalue weighted by Crippen LogP contribution is 2.30. The van der Waals surface area contributed by atoms with Gasteiger partial charge in [-0.05, 0) is 38.3 Å². The molecule has 1 aliphatic heterocycles. The average molecular weight is 323 g/mol. The van der Waals surface area contributed by atoms with Crippen molar-refractivity contribution >= 4 is 16.9 Å². The molecule has 1 saturated heterocycles. The van der Waals surface area contributed by atoms with Crippen LogP contribution in [0.25, 0.3) is 11.0 Å². The van der Waals surface area contributed by atoms with Gasteiger partial charge in [0.1, 0.15) is 5.58 Å². The Labute approximate surface area is 140 Å². The van der Waals surface area contributed by atoms with Crippen LogP contribution >= 0.6 is 0 Å². The molecular formula is C19H21N3O2. The smallest absolute Gasteiger partial charge is 0.289 e. The van der Waals surface area contributed by atoms with Gasteiger partial charge in [-0.15, -0.1) is 0 Å². The van der Waals surface area contributed by atoms with Crippen molar-refractivity contribution in [3.63, 3.8) is 0 Å². The number of carbonyl (C=O) groups excluding carboxylic acids is 1. The average Bonchev–Trinajstić information content (AvgIpc) is 3.24. The van der Waals surface area contributed by atoms with Gasteiger partial charge < -0.3 is 9.32 Å². The molecule has 3 aromatic rings. The molecule has 0 spiro atoms. The van der Waals surface area contributed by atoms with Gasteiger partial charge in [-0.2, -0.15) is 5.10 Å². The second-order valence-electron chi connectivity index (χ2n) is 6.54. The van der Waals surface area contributed by atoms with Crippen LogP contribution in [0.1, 0.15) is 40.6 Å². The van der Waals surface area contributed by atoms with E-state index < -0.39 is 0 Å². The highest BCUT2D eigenvalue weighted by molar-refractivity contribution is 5.99. The van der Waals surface area contributed by atoms with Gasteiger partial charge in [0, 0.05) is 36.4 Å². The van der Waals surface area contributed by atoms with Crippen molar-refractivity contribution in [2.24, 2.45) is 0 Å². The number of aryl methyl sites for hydroxylation is 2. The molecule has 0 bridgehead atoms. The first-order chi connectivity index (χ1) is 11.6. The summed E-state index contributed by atoms with van der Waals surface area (Å²) in [5.74, 6) is 0.459. The zero-order chi connectivity index (χ0) is 16.7. The summed E-state index contributed by atoms with van der Waals surface area (Å²) in [5.41, 5.74) is 2.81. The number of benzene rings is 1. The van der Waals surface area contributed by atoms with Crippen LogP contribution in [0.3, 0.4) is 0 Å². The van der Waals surface area contributed by atoms with E-state index in [9.17, 15) is 4.79 Å². The normalized spacial score (nSPS) is 18.2. The third-order valence-corrected chi connectivity index (χ3v) is 4.94. The highest BCUT2D eigenvalue weighted by atomic mass is 16.3. The molecule has 5 heteroatoms. The van der Waals surface area contributed by atoms with E-state index >= 15 is 0 Å². The van der Waals surface area contributed by atoms with Gasteiger partial charge in [0.2, 0.25) is 0 Å². The van der Waals surface area contributed by atoms with Crippen molar-refractivity contribution in [3.05, 3.63) is 53.5 Å². The van der Waals surface area contributed by atoms with Gasteiger partial charge in [-0.25, -0.2) is 0 Å². The van der Waals surface area contributed by atoms with E-state index in [0.29, 0.717) is 12.3 Å². The first kappa shape index (κ1) is 15.0. The molecule has 124 valence electrons. The monoisotopic (exact) mass is 323 g/mol. The Kier molecular flexibility index (Phi) is 3.63. The molecule has 5 nitrogen and oxygen atoms in total. The molecule has 0 saturated carbocycles. The Morgan fingerprint density at radius 2 is 2.17 bits per heavy atom. The summed E-state index contributed by atoms with van der Waals surface area (Å²) in [6, 6.07) is 8.19. The molecule has 24 heavy (non-hydrogen) atoms. The lowest BCUT2D eigenvalue weighted by molar-refractivity contribution is 0.0642. The minimum atomic E-state index is -0.0139. The van der Waals surface area contributed by atoms with Crippen molar-refractivity contribution in [3.8, 4) is 0 Å². The Balaban J connectivity index is 1.64. The number of para-hydroxylation sites is 1. The van der Waals surface area contributed by atoms with Crippen LogP contribution in [0.2, 0.25) is 0 Å². The van der Waals surface area contributed by atoms with Crippen LogP contribution < -0.4 is 0 Å². The fraction of sp³-hybridized carbons (Fsp3) is 0.368. The molecule has 0 N–H and O–H groups in total. The van der Waals surface area contributed by atoms with Crippen LogP contribution in [0.4, 0.5) is 0 Å². The molecule has 1 atom stereocenters. The van der Waals surface area contributed by atoms with Crippen LogP contribution in [0.15, 0.2) is 41.1 Å². The van der Waals surface area contributed by atoms with Gasteiger partial charge in [-0.3, -0.25) is 9.48 Å². The Hall–Kier alpha value is -2.56. The summed E-state index contributed by atoms with van der Waals surface area (Å²) < 4.78 is 7.91. The third kappa shape index (κ3) is 2.40. The predicted octanol–water partition coefficient (Wildman–Crippen LogP) is 3.72. The van der Waals surface area contributed by atoms with Gasteiger partial charge in [0.25, 0.3) is 5.91 Å². The summed E-state index contributed by atoms with van der Waals surface area (Å²) in [4.78, 5) is 14.9. The molecule has 1 amide bonds. The number of likely N-dealkylation sites (tertiary alicyclic amines) is 1. The summed E-state index contributed by atoms with van der Waals surface area (Å²) >= 11 is 0. The van der Waals surface area contributed by atoms with E-state index in [4.69, 9.17) is 4.42 Å². The van der Waals surface area contributed by atoms with E-state index in [2.05, 4.69) is 5.10 Å². The molecule has 4 rings (SSSR count). The number of carbonyl (C=O) groups is 1. The van der Waals surface area contributed by atoms with Gasteiger partial charge in [0.15, 0.2) is 5.76 Å². The van der Waals surface area contributed by atoms with Crippen molar-refractivity contribution in [1.82, 2.24) is 14.7 Å². The topological polar surface area (TPSA) is 51.3 Å². The summed E-state index contributed by atoms with van der Waals surface area (Å²) in [6.45, 7) is 5.42. The molecular weight excluding hydrogens is 302 g/mol.